The Morgan fingerprint density at radius 1 is 1.15 bits per heavy atom. The molecule has 0 aliphatic carbocycles. The van der Waals surface area contributed by atoms with Crippen molar-refractivity contribution >= 4 is 0 Å². The van der Waals surface area contributed by atoms with Crippen LogP contribution >= 0.6 is 0 Å². The lowest BCUT2D eigenvalue weighted by Gasteiger charge is -2.17. The van der Waals surface area contributed by atoms with E-state index in [1.54, 1.807) is 6.20 Å². The predicted molar refractivity (Wildman–Crippen MR) is 51.8 cm³/mol. The number of fused-ring (bicyclic) bond motifs is 1. The Hall–Kier alpha value is -1.31. The Labute approximate surface area is 77.9 Å². The van der Waals surface area contributed by atoms with E-state index in [1.807, 2.05) is 18.3 Å². The zero-order valence-corrected chi connectivity index (χ0v) is 8.16. The summed E-state index contributed by atoms with van der Waals surface area (Å²) in [5.41, 5.74) is 1.12. The SMILES string of the molecule is CC(C)(C)c1ccc2cncc-2o1. The molecular formula is C11H13NO. The molecule has 0 aromatic heterocycles. The summed E-state index contributed by atoms with van der Waals surface area (Å²) >= 11 is 0. The zero-order valence-electron chi connectivity index (χ0n) is 8.16. The molecule has 2 aliphatic heterocycles. The highest BCUT2D eigenvalue weighted by atomic mass is 16.3. The van der Waals surface area contributed by atoms with Crippen LogP contribution in [0.25, 0.3) is 11.3 Å². The third-order valence-electron chi connectivity index (χ3n) is 2.06. The van der Waals surface area contributed by atoms with Crippen LogP contribution in [0.3, 0.4) is 0 Å². The summed E-state index contributed by atoms with van der Waals surface area (Å²) in [5, 5.41) is 0. The fraction of sp³-hybridized carbons (Fsp3) is 0.364. The molecule has 13 heavy (non-hydrogen) atoms. The van der Waals surface area contributed by atoms with Gasteiger partial charge in [0.25, 0.3) is 0 Å². The molecule has 0 N–H and O–H groups in total. The van der Waals surface area contributed by atoms with E-state index in [9.17, 15) is 0 Å². The van der Waals surface area contributed by atoms with Gasteiger partial charge in [0.2, 0.25) is 0 Å². The molecule has 0 amide bonds. The van der Waals surface area contributed by atoms with Crippen LogP contribution in [0, 0.1) is 0 Å². The van der Waals surface area contributed by atoms with E-state index in [1.165, 1.54) is 0 Å². The first-order chi connectivity index (χ1) is 6.07. The minimum Gasteiger partial charge on any atom is -0.459 e. The number of nitrogens with zero attached hydrogens (tertiary/aromatic N) is 1. The highest BCUT2D eigenvalue weighted by Crippen LogP contribution is 2.28. The maximum absolute atomic E-state index is 5.70. The molecule has 0 aromatic carbocycles. The average Bonchev–Trinajstić information content (AvgIpc) is 2.47. The van der Waals surface area contributed by atoms with Crippen molar-refractivity contribution in [2.75, 3.05) is 0 Å². The Morgan fingerprint density at radius 2 is 1.92 bits per heavy atom. The van der Waals surface area contributed by atoms with E-state index in [0.717, 1.165) is 17.1 Å². The van der Waals surface area contributed by atoms with Gasteiger partial charge in [0, 0.05) is 17.2 Å². The minimum atomic E-state index is 0.0610. The van der Waals surface area contributed by atoms with Crippen molar-refractivity contribution in [3.8, 4) is 11.3 Å². The van der Waals surface area contributed by atoms with Gasteiger partial charge in [-0.3, -0.25) is 4.98 Å². The second kappa shape index (κ2) is 2.59. The monoisotopic (exact) mass is 175 g/mol. The largest absolute Gasteiger partial charge is 0.459 e. The Bertz CT molecular complexity index is 384. The summed E-state index contributed by atoms with van der Waals surface area (Å²) in [4.78, 5) is 4.03. The molecular weight excluding hydrogens is 162 g/mol. The summed E-state index contributed by atoms with van der Waals surface area (Å²) in [6.07, 6.45) is 3.57. The maximum atomic E-state index is 5.70. The van der Waals surface area contributed by atoms with Crippen LogP contribution in [0.15, 0.2) is 28.9 Å². The van der Waals surface area contributed by atoms with E-state index in [2.05, 4.69) is 25.8 Å². The molecule has 0 aromatic rings. The summed E-state index contributed by atoms with van der Waals surface area (Å²) < 4.78 is 5.70. The Morgan fingerprint density at radius 3 is 2.62 bits per heavy atom. The maximum Gasteiger partial charge on any atom is 0.153 e. The van der Waals surface area contributed by atoms with Crippen LogP contribution in [0.2, 0.25) is 0 Å². The molecule has 68 valence electrons. The van der Waals surface area contributed by atoms with Crippen molar-refractivity contribution < 1.29 is 4.42 Å². The third-order valence-corrected chi connectivity index (χ3v) is 2.06. The van der Waals surface area contributed by atoms with Gasteiger partial charge < -0.3 is 4.42 Å². The van der Waals surface area contributed by atoms with Gasteiger partial charge >= 0.3 is 0 Å². The Kier molecular flexibility index (Phi) is 1.65. The summed E-state index contributed by atoms with van der Waals surface area (Å²) in [6, 6.07) is 4.07. The molecule has 0 radical (unpaired) electrons. The second-order valence-corrected chi connectivity index (χ2v) is 4.28. The minimum absolute atomic E-state index is 0.0610. The van der Waals surface area contributed by atoms with Crippen LogP contribution in [-0.4, -0.2) is 4.98 Å². The van der Waals surface area contributed by atoms with Crippen LogP contribution in [-0.2, 0) is 5.41 Å². The van der Waals surface area contributed by atoms with E-state index in [4.69, 9.17) is 4.42 Å². The quantitative estimate of drug-likeness (QED) is 0.615. The molecule has 2 nitrogen and oxygen atoms in total. The molecule has 0 atom stereocenters. The first-order valence-corrected chi connectivity index (χ1v) is 4.41. The van der Waals surface area contributed by atoms with Crippen LogP contribution in [0.1, 0.15) is 26.5 Å². The van der Waals surface area contributed by atoms with Crippen molar-refractivity contribution in [2.45, 2.75) is 26.2 Å². The van der Waals surface area contributed by atoms with Gasteiger partial charge in [-0.15, -0.1) is 0 Å². The van der Waals surface area contributed by atoms with Gasteiger partial charge in [-0.2, -0.15) is 0 Å². The zero-order chi connectivity index (χ0) is 9.47. The fourth-order valence-electron chi connectivity index (χ4n) is 1.25. The van der Waals surface area contributed by atoms with E-state index in [-0.39, 0.29) is 5.41 Å². The molecule has 0 unspecified atom stereocenters. The first kappa shape index (κ1) is 8.30. The molecule has 2 heterocycles. The van der Waals surface area contributed by atoms with Gasteiger partial charge in [0.15, 0.2) is 5.76 Å². The third kappa shape index (κ3) is 1.44. The van der Waals surface area contributed by atoms with E-state index >= 15 is 0 Å². The van der Waals surface area contributed by atoms with Crippen molar-refractivity contribution in [1.29, 1.82) is 0 Å². The standard InChI is InChI=1S/C11H13NO/c1-11(2,3)10-5-4-8-6-12-7-9(8)13-10/h4-7H,1-3H3. The normalized spacial score (nSPS) is 12.2. The van der Waals surface area contributed by atoms with Gasteiger partial charge in [-0.1, -0.05) is 20.8 Å². The summed E-state index contributed by atoms with van der Waals surface area (Å²) in [6.45, 7) is 6.40. The summed E-state index contributed by atoms with van der Waals surface area (Å²) in [7, 11) is 0. The van der Waals surface area contributed by atoms with Crippen LogP contribution in [0.4, 0.5) is 0 Å². The van der Waals surface area contributed by atoms with E-state index in [0.29, 0.717) is 0 Å². The molecule has 2 heteroatoms. The fourth-order valence-corrected chi connectivity index (χ4v) is 1.25. The molecule has 2 rings (SSSR count). The number of hydrogen-bond acceptors (Lipinski definition) is 2. The summed E-state index contributed by atoms with van der Waals surface area (Å²) in [5.74, 6) is 1.86. The predicted octanol–water partition coefficient (Wildman–Crippen LogP) is 3.08. The van der Waals surface area contributed by atoms with Crippen molar-refractivity contribution in [3.05, 3.63) is 30.3 Å². The molecule has 0 saturated heterocycles. The Balaban J connectivity index is 2.56. The van der Waals surface area contributed by atoms with Gasteiger partial charge in [-0.25, -0.2) is 0 Å². The lowest BCUT2D eigenvalue weighted by Crippen LogP contribution is -2.10. The van der Waals surface area contributed by atoms with Gasteiger partial charge in [-0.05, 0) is 12.1 Å². The van der Waals surface area contributed by atoms with Crippen LogP contribution < -0.4 is 0 Å². The van der Waals surface area contributed by atoms with Crippen LogP contribution in [0.5, 0.6) is 0 Å². The second-order valence-electron chi connectivity index (χ2n) is 4.28. The van der Waals surface area contributed by atoms with E-state index < -0.39 is 0 Å². The lowest BCUT2D eigenvalue weighted by molar-refractivity contribution is 0.405. The van der Waals surface area contributed by atoms with Crippen molar-refractivity contribution in [2.24, 2.45) is 0 Å². The van der Waals surface area contributed by atoms with Crippen molar-refractivity contribution in [1.82, 2.24) is 4.98 Å². The molecule has 0 saturated carbocycles. The molecule has 0 spiro atoms. The highest BCUT2D eigenvalue weighted by molar-refractivity contribution is 5.57. The van der Waals surface area contributed by atoms with Gasteiger partial charge in [0.05, 0.1) is 6.20 Å². The van der Waals surface area contributed by atoms with Crippen molar-refractivity contribution in [3.63, 3.8) is 0 Å². The topological polar surface area (TPSA) is 26.0 Å². The highest BCUT2D eigenvalue weighted by Gasteiger charge is 2.18. The number of aromatic nitrogens is 1. The molecule has 0 fully saturated rings. The lowest BCUT2D eigenvalue weighted by atomic mass is 9.92. The number of hydrogen-bond donors (Lipinski definition) is 0. The first-order valence-electron chi connectivity index (χ1n) is 4.41. The smallest absolute Gasteiger partial charge is 0.153 e. The molecule has 2 aliphatic rings. The van der Waals surface area contributed by atoms with Gasteiger partial charge in [0.1, 0.15) is 5.76 Å². The average molecular weight is 175 g/mol. The number of rotatable bonds is 0. The molecule has 0 bridgehead atoms.